The van der Waals surface area contributed by atoms with Gasteiger partial charge in [-0.25, -0.2) is 0 Å². The number of fused-ring (bicyclic) bond motifs is 1. The second-order valence-corrected chi connectivity index (χ2v) is 6.35. The molecule has 3 rings (SSSR count). The average Bonchev–Trinajstić information content (AvgIpc) is 2.57. The molecule has 23 heavy (non-hydrogen) atoms. The first-order valence-electron chi connectivity index (χ1n) is 8.06. The number of hydrogen-bond donors (Lipinski definition) is 1. The summed E-state index contributed by atoms with van der Waals surface area (Å²) in [6, 6.07) is 16.0. The Morgan fingerprint density at radius 3 is 2.78 bits per heavy atom. The van der Waals surface area contributed by atoms with E-state index in [4.69, 9.17) is 16.3 Å². The van der Waals surface area contributed by atoms with E-state index in [1.807, 2.05) is 24.3 Å². The number of hydrogen-bond acceptors (Lipinski definition) is 3. The van der Waals surface area contributed by atoms with E-state index in [1.165, 1.54) is 11.3 Å². The van der Waals surface area contributed by atoms with Crippen LogP contribution < -0.4 is 4.90 Å². The lowest BCUT2D eigenvalue weighted by Crippen LogP contribution is -2.38. The fraction of sp³-hybridized carbons (Fsp3) is 0.368. The molecule has 1 aliphatic rings. The van der Waals surface area contributed by atoms with Crippen LogP contribution >= 0.6 is 11.6 Å². The van der Waals surface area contributed by atoms with Gasteiger partial charge in [0.15, 0.2) is 0 Å². The van der Waals surface area contributed by atoms with Crippen LogP contribution in [-0.2, 0) is 17.8 Å². The summed E-state index contributed by atoms with van der Waals surface area (Å²) in [5.74, 6) is 0. The minimum Gasteiger partial charge on any atom is -0.389 e. The molecule has 0 fully saturated rings. The van der Waals surface area contributed by atoms with Gasteiger partial charge in [0, 0.05) is 23.8 Å². The summed E-state index contributed by atoms with van der Waals surface area (Å²) in [6.45, 7) is 2.31. The van der Waals surface area contributed by atoms with Gasteiger partial charge in [-0.05, 0) is 36.1 Å². The third kappa shape index (κ3) is 4.25. The molecule has 2 aromatic rings. The van der Waals surface area contributed by atoms with Gasteiger partial charge in [-0.1, -0.05) is 48.0 Å². The van der Waals surface area contributed by atoms with Crippen LogP contribution in [0.15, 0.2) is 48.5 Å². The highest BCUT2D eigenvalue weighted by atomic mass is 35.5. The van der Waals surface area contributed by atoms with E-state index in [-0.39, 0.29) is 0 Å². The topological polar surface area (TPSA) is 32.7 Å². The van der Waals surface area contributed by atoms with Crippen LogP contribution in [-0.4, -0.2) is 30.9 Å². The molecule has 1 heterocycles. The van der Waals surface area contributed by atoms with Gasteiger partial charge in [0.05, 0.1) is 19.3 Å². The van der Waals surface area contributed by atoms with Gasteiger partial charge in [-0.2, -0.15) is 0 Å². The van der Waals surface area contributed by atoms with Crippen molar-refractivity contribution in [2.45, 2.75) is 25.6 Å². The molecule has 0 saturated carbocycles. The Hall–Kier alpha value is -1.55. The monoisotopic (exact) mass is 331 g/mol. The lowest BCUT2D eigenvalue weighted by atomic mass is 10.0. The molecular formula is C19H22ClNO2. The van der Waals surface area contributed by atoms with Crippen molar-refractivity contribution >= 4 is 17.3 Å². The number of rotatable bonds is 6. The Bertz CT molecular complexity index is 647. The molecule has 1 aliphatic heterocycles. The average molecular weight is 332 g/mol. The molecule has 4 heteroatoms. The van der Waals surface area contributed by atoms with Gasteiger partial charge < -0.3 is 14.7 Å². The second-order valence-electron chi connectivity index (χ2n) is 5.94. The summed E-state index contributed by atoms with van der Waals surface area (Å²) in [5, 5.41) is 11.0. The van der Waals surface area contributed by atoms with Gasteiger partial charge in [0.25, 0.3) is 0 Å². The summed E-state index contributed by atoms with van der Waals surface area (Å²) in [5.41, 5.74) is 3.55. The van der Waals surface area contributed by atoms with Crippen molar-refractivity contribution < 1.29 is 9.84 Å². The molecule has 0 amide bonds. The van der Waals surface area contributed by atoms with Crippen LogP contribution in [0.3, 0.4) is 0 Å². The summed E-state index contributed by atoms with van der Waals surface area (Å²) < 4.78 is 5.63. The molecule has 0 aliphatic carbocycles. The van der Waals surface area contributed by atoms with Crippen LogP contribution in [0.4, 0.5) is 5.69 Å². The van der Waals surface area contributed by atoms with E-state index in [0.29, 0.717) is 24.8 Å². The summed E-state index contributed by atoms with van der Waals surface area (Å²) >= 11 is 6.10. The molecule has 0 saturated heterocycles. The fourth-order valence-corrected chi connectivity index (χ4v) is 3.22. The van der Waals surface area contributed by atoms with Gasteiger partial charge in [0.1, 0.15) is 0 Å². The van der Waals surface area contributed by atoms with Crippen LogP contribution in [0, 0.1) is 0 Å². The largest absolute Gasteiger partial charge is 0.389 e. The Morgan fingerprint density at radius 2 is 1.91 bits per heavy atom. The Balaban J connectivity index is 1.50. The van der Waals surface area contributed by atoms with Crippen molar-refractivity contribution in [2.24, 2.45) is 0 Å². The van der Waals surface area contributed by atoms with E-state index >= 15 is 0 Å². The molecular weight excluding hydrogens is 310 g/mol. The molecule has 0 radical (unpaired) electrons. The fourth-order valence-electron chi connectivity index (χ4n) is 3.03. The Morgan fingerprint density at radius 1 is 1.13 bits per heavy atom. The number of β-amino-alcohol motifs (C(OH)–C–C–N with tert-alkyl or cyclic N) is 1. The van der Waals surface area contributed by atoms with Crippen LogP contribution in [0.5, 0.6) is 0 Å². The third-order valence-corrected chi connectivity index (χ3v) is 4.53. The second kappa shape index (κ2) is 7.82. The molecule has 0 spiro atoms. The summed E-state index contributed by atoms with van der Waals surface area (Å²) in [6.07, 6.45) is 1.74. The summed E-state index contributed by atoms with van der Waals surface area (Å²) in [4.78, 5) is 2.25. The highest BCUT2D eigenvalue weighted by molar-refractivity contribution is 6.31. The molecule has 0 bridgehead atoms. The minimum atomic E-state index is -0.511. The maximum Gasteiger partial charge on any atom is 0.0948 e. The van der Waals surface area contributed by atoms with E-state index in [2.05, 4.69) is 29.2 Å². The van der Waals surface area contributed by atoms with Crippen LogP contribution in [0.25, 0.3) is 0 Å². The first kappa shape index (κ1) is 16.3. The lowest BCUT2D eigenvalue weighted by Gasteiger charge is -2.32. The SMILES string of the molecule is OC(COCc1ccccc1Cl)CN1CCCc2ccccc21. The lowest BCUT2D eigenvalue weighted by molar-refractivity contribution is 0.0319. The molecule has 122 valence electrons. The first-order valence-corrected chi connectivity index (χ1v) is 8.44. The number of anilines is 1. The Labute approximate surface area is 142 Å². The number of halogens is 1. The predicted molar refractivity (Wildman–Crippen MR) is 94.1 cm³/mol. The maximum atomic E-state index is 10.3. The predicted octanol–water partition coefficient (Wildman–Crippen LogP) is 3.67. The van der Waals surface area contributed by atoms with Crippen molar-refractivity contribution in [3.05, 3.63) is 64.7 Å². The number of benzene rings is 2. The molecule has 2 aromatic carbocycles. The van der Waals surface area contributed by atoms with Gasteiger partial charge in [0.2, 0.25) is 0 Å². The van der Waals surface area contributed by atoms with E-state index in [0.717, 1.165) is 24.9 Å². The van der Waals surface area contributed by atoms with Crippen molar-refractivity contribution in [1.82, 2.24) is 0 Å². The van der Waals surface area contributed by atoms with Crippen molar-refractivity contribution in [3.8, 4) is 0 Å². The molecule has 1 unspecified atom stereocenters. The quantitative estimate of drug-likeness (QED) is 0.876. The number of ether oxygens (including phenoxy) is 1. The number of nitrogens with zero attached hydrogens (tertiary/aromatic N) is 1. The van der Waals surface area contributed by atoms with Crippen molar-refractivity contribution in [1.29, 1.82) is 0 Å². The zero-order valence-electron chi connectivity index (χ0n) is 13.1. The first-order chi connectivity index (χ1) is 11.2. The Kier molecular flexibility index (Phi) is 5.55. The van der Waals surface area contributed by atoms with Crippen molar-refractivity contribution in [2.75, 3.05) is 24.6 Å². The van der Waals surface area contributed by atoms with E-state index in [9.17, 15) is 5.11 Å². The standard InChI is InChI=1S/C19H22ClNO2/c20-18-9-3-1-7-16(18)13-23-14-17(22)12-21-11-5-8-15-6-2-4-10-19(15)21/h1-4,6-7,9-10,17,22H,5,8,11-14H2. The normalized spacial score (nSPS) is 15.3. The molecule has 0 aromatic heterocycles. The molecule has 1 atom stereocenters. The highest BCUT2D eigenvalue weighted by Gasteiger charge is 2.19. The zero-order valence-corrected chi connectivity index (χ0v) is 13.9. The number of aliphatic hydroxyl groups excluding tert-OH is 1. The summed E-state index contributed by atoms with van der Waals surface area (Å²) in [7, 11) is 0. The van der Waals surface area contributed by atoms with Gasteiger partial charge in [-0.15, -0.1) is 0 Å². The number of para-hydroxylation sites is 1. The maximum absolute atomic E-state index is 10.3. The number of aryl methyl sites for hydroxylation is 1. The van der Waals surface area contributed by atoms with Gasteiger partial charge >= 0.3 is 0 Å². The van der Waals surface area contributed by atoms with Crippen molar-refractivity contribution in [3.63, 3.8) is 0 Å². The van der Waals surface area contributed by atoms with Crippen LogP contribution in [0.1, 0.15) is 17.5 Å². The smallest absolute Gasteiger partial charge is 0.0948 e. The van der Waals surface area contributed by atoms with E-state index in [1.54, 1.807) is 0 Å². The zero-order chi connectivity index (χ0) is 16.1. The van der Waals surface area contributed by atoms with Gasteiger partial charge in [-0.3, -0.25) is 0 Å². The number of aliphatic hydroxyl groups is 1. The van der Waals surface area contributed by atoms with Crippen LogP contribution in [0.2, 0.25) is 5.02 Å². The third-order valence-electron chi connectivity index (χ3n) is 4.16. The minimum absolute atomic E-state index is 0.309. The van der Waals surface area contributed by atoms with E-state index < -0.39 is 6.10 Å². The highest BCUT2D eigenvalue weighted by Crippen LogP contribution is 2.26. The molecule has 1 N–H and O–H groups in total. The molecule has 3 nitrogen and oxygen atoms in total.